The first-order chi connectivity index (χ1) is 37.6. The Morgan fingerprint density at radius 3 is 1.12 bits per heavy atom. The van der Waals surface area contributed by atoms with Gasteiger partial charge in [-0.05, 0) is 44.9 Å². The molecule has 1 aliphatic rings. The largest absolute Gasteiger partial charge is 0.479 e. The third kappa shape index (κ3) is 43.9. The van der Waals surface area contributed by atoms with Gasteiger partial charge >= 0.3 is 23.9 Å². The monoisotopic (exact) mass is 1090 g/mol. The standard InChI is InChI=1S/C65H120O12/c1-4-7-10-13-16-19-22-25-27-28-29-30-32-35-38-41-44-47-50-53-59(68)76-63-61(70)60(69)62(64(71)72)77-65(63)74-55-56(75-58(67)52-49-46-43-40-37-33-24-21-18-15-12-9-6-3)54-73-57(66)51-48-45-42-39-36-34-31-26-23-20-17-14-11-8-5-2/h21,24,56,60-63,65,69-70H,4-20,22-23,25-55H2,1-3H3,(H,71,72)/b24-21-. The number of ether oxygens (including phenoxy) is 5. The zero-order valence-corrected chi connectivity index (χ0v) is 50.0. The number of hydrogen-bond acceptors (Lipinski definition) is 11. The number of carbonyl (C=O) groups excluding carboxylic acids is 3. The van der Waals surface area contributed by atoms with Crippen LogP contribution in [0.1, 0.15) is 329 Å². The minimum Gasteiger partial charge on any atom is -0.479 e. The van der Waals surface area contributed by atoms with Crippen molar-refractivity contribution in [2.45, 2.75) is 366 Å². The van der Waals surface area contributed by atoms with Crippen molar-refractivity contribution in [1.82, 2.24) is 0 Å². The average molecular weight is 1090 g/mol. The number of aliphatic hydroxyl groups excluding tert-OH is 2. The van der Waals surface area contributed by atoms with E-state index in [4.69, 9.17) is 23.7 Å². The molecule has 3 N–H and O–H groups in total. The Morgan fingerprint density at radius 2 is 0.740 bits per heavy atom. The summed E-state index contributed by atoms with van der Waals surface area (Å²) < 4.78 is 28.5. The Bertz CT molecular complexity index is 1390. The fourth-order valence-electron chi connectivity index (χ4n) is 10.3. The minimum atomic E-state index is -1.90. The smallest absolute Gasteiger partial charge is 0.335 e. The van der Waals surface area contributed by atoms with Crippen LogP contribution in [0.15, 0.2) is 12.2 Å². The summed E-state index contributed by atoms with van der Waals surface area (Å²) in [6.07, 6.45) is 48.9. The van der Waals surface area contributed by atoms with E-state index in [2.05, 4.69) is 32.9 Å². The summed E-state index contributed by atoms with van der Waals surface area (Å²) in [4.78, 5) is 51.2. The van der Waals surface area contributed by atoms with E-state index in [1.54, 1.807) is 0 Å². The fraction of sp³-hybridized carbons (Fsp3) is 0.908. The zero-order chi connectivity index (χ0) is 56.1. The molecule has 0 aromatic carbocycles. The Kier molecular flexibility index (Phi) is 50.9. The molecule has 77 heavy (non-hydrogen) atoms. The number of aliphatic carboxylic acids is 1. The van der Waals surface area contributed by atoms with Crippen molar-refractivity contribution in [2.75, 3.05) is 13.2 Å². The third-order valence-electron chi connectivity index (χ3n) is 15.3. The van der Waals surface area contributed by atoms with Crippen LogP contribution in [0.5, 0.6) is 0 Å². The van der Waals surface area contributed by atoms with Crippen molar-refractivity contribution in [3.05, 3.63) is 12.2 Å². The maximum atomic E-state index is 13.2. The molecule has 0 aromatic rings. The summed E-state index contributed by atoms with van der Waals surface area (Å²) >= 11 is 0. The van der Waals surface area contributed by atoms with E-state index >= 15 is 0 Å². The summed E-state index contributed by atoms with van der Waals surface area (Å²) in [6, 6.07) is 0. The van der Waals surface area contributed by atoms with Gasteiger partial charge in [0.2, 0.25) is 0 Å². The van der Waals surface area contributed by atoms with Gasteiger partial charge in [-0.2, -0.15) is 0 Å². The van der Waals surface area contributed by atoms with E-state index in [-0.39, 0.29) is 25.9 Å². The highest BCUT2D eigenvalue weighted by Gasteiger charge is 2.50. The summed E-state index contributed by atoms with van der Waals surface area (Å²) in [6.45, 7) is 6.03. The fourth-order valence-corrected chi connectivity index (χ4v) is 10.3. The third-order valence-corrected chi connectivity index (χ3v) is 15.3. The Labute approximate surface area is 471 Å². The summed E-state index contributed by atoms with van der Waals surface area (Å²) in [7, 11) is 0. The lowest BCUT2D eigenvalue weighted by atomic mass is 9.98. The normalized spacial score (nSPS) is 18.0. The summed E-state index contributed by atoms with van der Waals surface area (Å²) in [5.41, 5.74) is 0. The molecule has 6 unspecified atom stereocenters. The van der Waals surface area contributed by atoms with Crippen LogP contribution < -0.4 is 0 Å². The Hall–Kier alpha value is -2.54. The van der Waals surface area contributed by atoms with Crippen molar-refractivity contribution >= 4 is 23.9 Å². The first-order valence-corrected chi connectivity index (χ1v) is 32.7. The molecule has 6 atom stereocenters. The van der Waals surface area contributed by atoms with Gasteiger partial charge in [-0.1, -0.05) is 277 Å². The molecule has 0 aliphatic carbocycles. The molecule has 0 bridgehead atoms. The Balaban J connectivity index is 2.62. The van der Waals surface area contributed by atoms with Crippen LogP contribution in [-0.4, -0.2) is 89.2 Å². The number of carboxylic acids is 1. The van der Waals surface area contributed by atoms with Crippen LogP contribution in [0, 0.1) is 0 Å². The number of unbranched alkanes of at least 4 members (excludes halogenated alkanes) is 41. The highest BCUT2D eigenvalue weighted by atomic mass is 16.7. The van der Waals surface area contributed by atoms with Crippen molar-refractivity contribution in [2.24, 2.45) is 0 Å². The molecule has 1 saturated heterocycles. The number of aliphatic hydroxyl groups is 2. The van der Waals surface area contributed by atoms with Gasteiger partial charge in [0, 0.05) is 19.3 Å². The molecule has 0 spiro atoms. The van der Waals surface area contributed by atoms with Crippen molar-refractivity contribution in [3.63, 3.8) is 0 Å². The number of hydrogen-bond donors (Lipinski definition) is 3. The van der Waals surface area contributed by atoms with Gasteiger partial charge in [0.05, 0.1) is 6.61 Å². The molecule has 0 saturated carbocycles. The van der Waals surface area contributed by atoms with Crippen molar-refractivity contribution < 1.29 is 58.2 Å². The van der Waals surface area contributed by atoms with Crippen LogP contribution in [0.25, 0.3) is 0 Å². The molecular formula is C65H120O12. The van der Waals surface area contributed by atoms with E-state index in [0.717, 1.165) is 77.0 Å². The van der Waals surface area contributed by atoms with E-state index < -0.39 is 67.3 Å². The Morgan fingerprint density at radius 1 is 0.416 bits per heavy atom. The van der Waals surface area contributed by atoms with Gasteiger partial charge in [0.15, 0.2) is 24.6 Å². The molecule has 1 heterocycles. The van der Waals surface area contributed by atoms with Gasteiger partial charge in [-0.3, -0.25) is 14.4 Å². The van der Waals surface area contributed by atoms with Gasteiger partial charge < -0.3 is 39.0 Å². The van der Waals surface area contributed by atoms with Crippen molar-refractivity contribution in [3.8, 4) is 0 Å². The predicted octanol–water partition coefficient (Wildman–Crippen LogP) is 17.2. The van der Waals surface area contributed by atoms with E-state index in [1.807, 2.05) is 0 Å². The predicted molar refractivity (Wildman–Crippen MR) is 313 cm³/mol. The molecule has 0 aromatic heterocycles. The molecule has 0 amide bonds. The van der Waals surface area contributed by atoms with E-state index in [0.29, 0.717) is 19.3 Å². The SMILES string of the molecule is CCCCCC/C=C\CCCCCCCC(=O)OC(COC(=O)CCCCCCCCCCCCCCCCC)COC1OC(C(=O)O)C(O)C(O)C1OC(=O)CCCCCCCCCCCCCCCCCCCCC. The topological polar surface area (TPSA) is 175 Å². The molecular weight excluding hydrogens is 973 g/mol. The minimum absolute atomic E-state index is 0.0685. The van der Waals surface area contributed by atoms with Crippen LogP contribution in [0.4, 0.5) is 0 Å². The second kappa shape index (κ2) is 54.1. The van der Waals surface area contributed by atoms with Gasteiger partial charge in [0.25, 0.3) is 0 Å². The van der Waals surface area contributed by atoms with E-state index in [1.165, 1.54) is 193 Å². The van der Waals surface area contributed by atoms with Gasteiger partial charge in [0.1, 0.15) is 18.8 Å². The van der Waals surface area contributed by atoms with Crippen LogP contribution in [0.2, 0.25) is 0 Å². The molecule has 1 fully saturated rings. The van der Waals surface area contributed by atoms with Gasteiger partial charge in [-0.15, -0.1) is 0 Å². The molecule has 1 rings (SSSR count). The first-order valence-electron chi connectivity index (χ1n) is 32.7. The number of carboxylic acid groups (broad SMARTS) is 1. The first kappa shape index (κ1) is 72.5. The average Bonchev–Trinajstić information content (AvgIpc) is 3.42. The second-order valence-electron chi connectivity index (χ2n) is 22.8. The highest BCUT2D eigenvalue weighted by molar-refractivity contribution is 5.74. The lowest BCUT2D eigenvalue weighted by Crippen LogP contribution is -2.61. The van der Waals surface area contributed by atoms with Crippen LogP contribution in [-0.2, 0) is 42.9 Å². The van der Waals surface area contributed by atoms with E-state index in [9.17, 15) is 34.5 Å². The number of allylic oxidation sites excluding steroid dienone is 2. The maximum Gasteiger partial charge on any atom is 0.335 e. The van der Waals surface area contributed by atoms with Crippen LogP contribution >= 0.6 is 0 Å². The lowest BCUT2D eigenvalue weighted by Gasteiger charge is -2.40. The summed E-state index contributed by atoms with van der Waals surface area (Å²) in [5.74, 6) is -3.08. The molecule has 452 valence electrons. The quantitative estimate of drug-likeness (QED) is 0.0228. The summed E-state index contributed by atoms with van der Waals surface area (Å²) in [5, 5.41) is 31.6. The number of esters is 3. The van der Waals surface area contributed by atoms with Crippen LogP contribution in [0.3, 0.4) is 0 Å². The molecule has 12 heteroatoms. The maximum absolute atomic E-state index is 13.2. The van der Waals surface area contributed by atoms with Gasteiger partial charge in [-0.25, -0.2) is 4.79 Å². The lowest BCUT2D eigenvalue weighted by molar-refractivity contribution is -0.301. The zero-order valence-electron chi connectivity index (χ0n) is 50.0. The number of carbonyl (C=O) groups is 4. The van der Waals surface area contributed by atoms with Crippen molar-refractivity contribution in [1.29, 1.82) is 0 Å². The molecule has 1 aliphatic heterocycles. The highest BCUT2D eigenvalue weighted by Crippen LogP contribution is 2.27. The molecule has 12 nitrogen and oxygen atoms in total. The molecule has 0 radical (unpaired) electrons. The number of rotatable bonds is 57. The second-order valence-corrected chi connectivity index (χ2v) is 22.8.